The lowest BCUT2D eigenvalue weighted by molar-refractivity contribution is 1.07. The van der Waals surface area contributed by atoms with Crippen molar-refractivity contribution in [2.45, 2.75) is 6.54 Å². The van der Waals surface area contributed by atoms with E-state index in [1.165, 1.54) is 0 Å². The number of H-pyrrole nitrogens is 2. The maximum Gasteiger partial charge on any atom is 0.127 e. The van der Waals surface area contributed by atoms with E-state index in [2.05, 4.69) is 63.1 Å². The van der Waals surface area contributed by atoms with Gasteiger partial charge in [-0.2, -0.15) is 5.10 Å². The van der Waals surface area contributed by atoms with E-state index < -0.39 is 0 Å². The van der Waals surface area contributed by atoms with Gasteiger partial charge in [-0.1, -0.05) is 18.7 Å². The molecule has 3 N–H and O–H groups in total. The average molecular weight is 368 g/mol. The number of hydrogen-bond acceptors (Lipinski definition) is 3. The summed E-state index contributed by atoms with van der Waals surface area (Å²) in [5, 5.41) is 12.5. The van der Waals surface area contributed by atoms with Gasteiger partial charge in [0.25, 0.3) is 0 Å². The van der Waals surface area contributed by atoms with Crippen molar-refractivity contribution in [1.29, 1.82) is 0 Å². The predicted octanol–water partition coefficient (Wildman–Crippen LogP) is 4.91. The Bertz CT molecular complexity index is 1210. The van der Waals surface area contributed by atoms with Crippen LogP contribution in [0.2, 0.25) is 0 Å². The molecule has 0 radical (unpaired) electrons. The summed E-state index contributed by atoms with van der Waals surface area (Å²) >= 11 is 0. The van der Waals surface area contributed by atoms with Crippen molar-refractivity contribution in [2.75, 3.05) is 5.32 Å². The minimum atomic E-state index is 0.538. The number of fused-ring (bicyclic) bond motifs is 2. The normalized spacial score (nSPS) is 12.1. The van der Waals surface area contributed by atoms with E-state index in [0.717, 1.165) is 38.8 Å². The largest absolute Gasteiger partial charge is 0.355 e. The third kappa shape index (κ3) is 3.76. The topological polar surface area (TPSA) is 81.2 Å². The van der Waals surface area contributed by atoms with Crippen LogP contribution >= 0.6 is 0 Å². The van der Waals surface area contributed by atoms with Crippen LogP contribution in [0.15, 0.2) is 77.5 Å². The molecular formula is C22H20N6. The zero-order valence-electron chi connectivity index (χ0n) is 15.3. The van der Waals surface area contributed by atoms with E-state index in [0.29, 0.717) is 12.4 Å². The Kier molecular flexibility index (Phi) is 4.84. The molecule has 0 unspecified atom stereocenters. The van der Waals surface area contributed by atoms with Crippen LogP contribution in [0.3, 0.4) is 0 Å². The van der Waals surface area contributed by atoms with Gasteiger partial charge in [-0.15, -0.1) is 0 Å². The van der Waals surface area contributed by atoms with Gasteiger partial charge in [0.2, 0.25) is 0 Å². The molecule has 138 valence electrons. The number of rotatable bonds is 6. The molecule has 0 spiro atoms. The average Bonchev–Trinajstić information content (AvgIpc) is 3.35. The van der Waals surface area contributed by atoms with E-state index in [9.17, 15) is 0 Å². The number of aliphatic imine (C=N–C) groups is 2. The van der Waals surface area contributed by atoms with Crippen molar-refractivity contribution in [3.8, 4) is 0 Å². The van der Waals surface area contributed by atoms with Gasteiger partial charge in [0.15, 0.2) is 0 Å². The summed E-state index contributed by atoms with van der Waals surface area (Å²) in [6.45, 7) is 7.83. The number of amidine groups is 1. The third-order valence-corrected chi connectivity index (χ3v) is 4.41. The second kappa shape index (κ2) is 7.75. The summed E-state index contributed by atoms with van der Waals surface area (Å²) in [4.78, 5) is 11.8. The highest BCUT2D eigenvalue weighted by atomic mass is 15.1. The van der Waals surface area contributed by atoms with Gasteiger partial charge in [-0.05, 0) is 54.8 Å². The predicted molar refractivity (Wildman–Crippen MR) is 118 cm³/mol. The van der Waals surface area contributed by atoms with E-state index >= 15 is 0 Å². The molecule has 6 nitrogen and oxygen atoms in total. The van der Waals surface area contributed by atoms with Gasteiger partial charge in [0, 0.05) is 33.9 Å². The monoisotopic (exact) mass is 368 g/mol. The molecule has 0 amide bonds. The molecule has 0 aliphatic heterocycles. The van der Waals surface area contributed by atoms with Gasteiger partial charge >= 0.3 is 0 Å². The highest BCUT2D eigenvalue weighted by Gasteiger charge is 2.03. The molecule has 4 aromatic rings. The van der Waals surface area contributed by atoms with Crippen LogP contribution in [-0.2, 0) is 6.54 Å². The third-order valence-electron chi connectivity index (χ3n) is 4.41. The van der Waals surface area contributed by atoms with Gasteiger partial charge in [0.05, 0.1) is 18.3 Å². The summed E-state index contributed by atoms with van der Waals surface area (Å²) in [5.41, 5.74) is 5.11. The van der Waals surface area contributed by atoms with Gasteiger partial charge in [0.1, 0.15) is 5.84 Å². The molecule has 4 rings (SSSR count). The first-order valence-corrected chi connectivity index (χ1v) is 8.86. The van der Waals surface area contributed by atoms with Crippen molar-refractivity contribution < 1.29 is 0 Å². The van der Waals surface area contributed by atoms with Crippen LogP contribution in [0.1, 0.15) is 11.3 Å². The lowest BCUT2D eigenvalue weighted by atomic mass is 10.1. The smallest absolute Gasteiger partial charge is 0.127 e. The van der Waals surface area contributed by atoms with Crippen molar-refractivity contribution >= 4 is 46.1 Å². The van der Waals surface area contributed by atoms with Crippen LogP contribution in [0, 0.1) is 0 Å². The Hall–Kier alpha value is -3.93. The van der Waals surface area contributed by atoms with E-state index in [1.807, 2.05) is 24.3 Å². The summed E-state index contributed by atoms with van der Waals surface area (Å²) in [7, 11) is 0. The Labute approximate surface area is 162 Å². The summed E-state index contributed by atoms with van der Waals surface area (Å²) < 4.78 is 0. The zero-order valence-corrected chi connectivity index (χ0v) is 15.3. The van der Waals surface area contributed by atoms with Crippen LogP contribution in [0.5, 0.6) is 0 Å². The first-order valence-electron chi connectivity index (χ1n) is 8.86. The molecule has 2 heterocycles. The number of aromatic nitrogens is 3. The van der Waals surface area contributed by atoms with Crippen molar-refractivity contribution in [2.24, 2.45) is 9.98 Å². The van der Waals surface area contributed by atoms with E-state index in [4.69, 9.17) is 4.99 Å². The van der Waals surface area contributed by atoms with Crippen molar-refractivity contribution in [3.63, 3.8) is 0 Å². The zero-order chi connectivity index (χ0) is 19.3. The fourth-order valence-electron chi connectivity index (χ4n) is 3.01. The van der Waals surface area contributed by atoms with Crippen LogP contribution in [0.4, 0.5) is 5.69 Å². The summed E-state index contributed by atoms with van der Waals surface area (Å²) in [6.07, 6.45) is 7.02. The van der Waals surface area contributed by atoms with Gasteiger partial charge in [-0.3, -0.25) is 15.1 Å². The Morgan fingerprint density at radius 2 is 2.04 bits per heavy atom. The SMILES string of the molecule is C=Cc1cc2ccc(C/N=C(\C=C/N=C)Nc3ccc4[nH]ncc4c3)cc2[nH]1. The number of nitrogens with zero attached hydrogens (tertiary/aromatic N) is 3. The Morgan fingerprint density at radius 1 is 1.11 bits per heavy atom. The molecular weight excluding hydrogens is 348 g/mol. The molecule has 0 bridgehead atoms. The van der Waals surface area contributed by atoms with Crippen molar-refractivity contribution in [3.05, 3.63) is 78.8 Å². The maximum atomic E-state index is 4.70. The molecule has 2 aromatic carbocycles. The molecule has 28 heavy (non-hydrogen) atoms. The highest BCUT2D eigenvalue weighted by molar-refractivity contribution is 6.04. The lowest BCUT2D eigenvalue weighted by Crippen LogP contribution is -2.09. The second-order valence-corrected chi connectivity index (χ2v) is 6.35. The molecule has 0 fully saturated rings. The fourth-order valence-corrected chi connectivity index (χ4v) is 3.01. The van der Waals surface area contributed by atoms with Crippen LogP contribution in [-0.4, -0.2) is 27.7 Å². The van der Waals surface area contributed by atoms with E-state index in [-0.39, 0.29) is 0 Å². The molecule has 6 heteroatoms. The minimum Gasteiger partial charge on any atom is -0.355 e. The quantitative estimate of drug-likeness (QED) is 0.334. The van der Waals surface area contributed by atoms with Crippen LogP contribution < -0.4 is 5.32 Å². The molecule has 0 aliphatic carbocycles. The van der Waals surface area contributed by atoms with Crippen LogP contribution in [0.25, 0.3) is 27.9 Å². The molecule has 2 aromatic heterocycles. The first kappa shape index (κ1) is 17.5. The van der Waals surface area contributed by atoms with Gasteiger partial charge in [-0.25, -0.2) is 0 Å². The molecule has 0 aliphatic rings. The van der Waals surface area contributed by atoms with Crippen molar-refractivity contribution in [1.82, 2.24) is 15.2 Å². The second-order valence-electron chi connectivity index (χ2n) is 6.35. The summed E-state index contributed by atoms with van der Waals surface area (Å²) in [6, 6.07) is 14.3. The fraction of sp³-hybridized carbons (Fsp3) is 0.0455. The summed E-state index contributed by atoms with van der Waals surface area (Å²) in [5.74, 6) is 0.702. The maximum absolute atomic E-state index is 4.70. The Morgan fingerprint density at radius 3 is 2.89 bits per heavy atom. The molecule has 0 saturated heterocycles. The highest BCUT2D eigenvalue weighted by Crippen LogP contribution is 2.19. The number of benzene rings is 2. The number of hydrogen-bond donors (Lipinski definition) is 3. The standard InChI is InChI=1S/C22H20N6/c1-3-18-11-16-5-4-15(10-21(16)26-18)13-24-22(8-9-23-2)27-19-6-7-20-17(12-19)14-25-28-20/h3-12,14,26H,1-2,13H2,(H,24,27)(H,25,28)/b9-8-. The van der Waals surface area contributed by atoms with E-state index in [1.54, 1.807) is 18.5 Å². The lowest BCUT2D eigenvalue weighted by Gasteiger charge is -2.07. The molecule has 0 atom stereocenters. The van der Waals surface area contributed by atoms with Gasteiger partial charge < -0.3 is 10.3 Å². The molecule has 0 saturated carbocycles. The number of aromatic amines is 2. The Balaban J connectivity index is 1.57. The first-order chi connectivity index (χ1) is 13.7. The minimum absolute atomic E-state index is 0.538. The number of anilines is 1. The number of nitrogens with one attached hydrogen (secondary N) is 3.